The van der Waals surface area contributed by atoms with Crippen molar-refractivity contribution in [2.75, 3.05) is 0 Å². The average Bonchev–Trinajstić information content (AvgIpc) is 2.49. The summed E-state index contributed by atoms with van der Waals surface area (Å²) in [5.41, 5.74) is 3.93. The Morgan fingerprint density at radius 2 is 1.53 bits per heavy atom. The van der Waals surface area contributed by atoms with Gasteiger partial charge >= 0.3 is 0 Å². The van der Waals surface area contributed by atoms with E-state index in [9.17, 15) is 0 Å². The Labute approximate surface area is 114 Å². The number of hydrogen-bond acceptors (Lipinski definition) is 0. The molecular weight excluding hydrogens is 228 g/mol. The second-order valence-corrected chi connectivity index (χ2v) is 4.67. The topological polar surface area (TPSA) is 0 Å². The van der Waals surface area contributed by atoms with Crippen molar-refractivity contribution in [3.05, 3.63) is 84.9 Å². The summed E-state index contributed by atoms with van der Waals surface area (Å²) in [6.45, 7) is 3.90. The van der Waals surface area contributed by atoms with Crippen molar-refractivity contribution in [1.82, 2.24) is 0 Å². The zero-order valence-corrected chi connectivity index (χ0v) is 10.8. The normalized spacial score (nSPS) is 10.5. The standard InChI is InChI=1S/C19H16/c1-2-8-19-17-12-7-6-11-16(17)13-14-18(19)15-9-4-3-5-10-15/h2-7,9-14H,1,8H2. The van der Waals surface area contributed by atoms with Crippen LogP contribution >= 0.6 is 0 Å². The van der Waals surface area contributed by atoms with Crippen LogP contribution < -0.4 is 0 Å². The Morgan fingerprint density at radius 1 is 0.789 bits per heavy atom. The van der Waals surface area contributed by atoms with Gasteiger partial charge in [0.2, 0.25) is 0 Å². The van der Waals surface area contributed by atoms with Crippen LogP contribution in [0.25, 0.3) is 21.9 Å². The van der Waals surface area contributed by atoms with Crippen LogP contribution in [0, 0.1) is 0 Å². The molecule has 0 nitrogen and oxygen atoms in total. The third-order valence-electron chi connectivity index (χ3n) is 3.47. The van der Waals surface area contributed by atoms with E-state index in [1.54, 1.807) is 0 Å². The van der Waals surface area contributed by atoms with Crippen molar-refractivity contribution in [2.45, 2.75) is 6.42 Å². The highest BCUT2D eigenvalue weighted by Gasteiger charge is 2.07. The largest absolute Gasteiger partial charge is 0.103 e. The summed E-state index contributed by atoms with van der Waals surface area (Å²) in [5, 5.41) is 2.61. The van der Waals surface area contributed by atoms with E-state index in [2.05, 4.69) is 73.3 Å². The lowest BCUT2D eigenvalue weighted by Crippen LogP contribution is -1.90. The van der Waals surface area contributed by atoms with Gasteiger partial charge in [-0.1, -0.05) is 72.8 Å². The molecule has 0 heteroatoms. The molecule has 0 atom stereocenters. The van der Waals surface area contributed by atoms with Gasteiger partial charge in [-0.15, -0.1) is 6.58 Å². The minimum atomic E-state index is 0.894. The van der Waals surface area contributed by atoms with Gasteiger partial charge in [-0.05, 0) is 33.9 Å². The van der Waals surface area contributed by atoms with E-state index in [-0.39, 0.29) is 0 Å². The third-order valence-corrected chi connectivity index (χ3v) is 3.47. The summed E-state index contributed by atoms with van der Waals surface area (Å²) >= 11 is 0. The van der Waals surface area contributed by atoms with Gasteiger partial charge in [-0.2, -0.15) is 0 Å². The highest BCUT2D eigenvalue weighted by Crippen LogP contribution is 2.30. The first-order chi connectivity index (χ1) is 9.40. The van der Waals surface area contributed by atoms with Gasteiger partial charge in [0.25, 0.3) is 0 Å². The van der Waals surface area contributed by atoms with E-state index in [0.29, 0.717) is 0 Å². The molecule has 0 saturated heterocycles. The Balaban J connectivity index is 2.30. The molecule has 3 aromatic rings. The van der Waals surface area contributed by atoms with E-state index >= 15 is 0 Å². The summed E-state index contributed by atoms with van der Waals surface area (Å²) < 4.78 is 0. The van der Waals surface area contributed by atoms with Crippen LogP contribution in [0.15, 0.2) is 79.4 Å². The molecule has 0 aliphatic rings. The summed E-state index contributed by atoms with van der Waals surface area (Å²) in [6.07, 6.45) is 2.87. The fourth-order valence-corrected chi connectivity index (χ4v) is 2.59. The fraction of sp³-hybridized carbons (Fsp3) is 0.0526. The third kappa shape index (κ3) is 2.17. The highest BCUT2D eigenvalue weighted by molar-refractivity contribution is 5.92. The Bertz CT molecular complexity index is 708. The summed E-state index contributed by atoms with van der Waals surface area (Å²) in [6, 6.07) is 23.5. The van der Waals surface area contributed by atoms with Gasteiger partial charge in [0.1, 0.15) is 0 Å². The predicted molar refractivity (Wildman–Crippen MR) is 83.3 cm³/mol. The van der Waals surface area contributed by atoms with Crippen molar-refractivity contribution >= 4 is 10.8 Å². The first-order valence-corrected chi connectivity index (χ1v) is 6.57. The van der Waals surface area contributed by atoms with Gasteiger partial charge in [0.05, 0.1) is 0 Å². The minimum Gasteiger partial charge on any atom is -0.103 e. The van der Waals surface area contributed by atoms with Crippen LogP contribution in [0.4, 0.5) is 0 Å². The van der Waals surface area contributed by atoms with E-state index in [4.69, 9.17) is 0 Å². The van der Waals surface area contributed by atoms with Gasteiger partial charge < -0.3 is 0 Å². The molecule has 0 unspecified atom stereocenters. The lowest BCUT2D eigenvalue weighted by molar-refractivity contribution is 1.31. The number of fused-ring (bicyclic) bond motifs is 1. The van der Waals surface area contributed by atoms with E-state index in [0.717, 1.165) is 6.42 Å². The van der Waals surface area contributed by atoms with E-state index < -0.39 is 0 Å². The van der Waals surface area contributed by atoms with Gasteiger partial charge in [-0.25, -0.2) is 0 Å². The maximum Gasteiger partial charge on any atom is -0.00878 e. The zero-order valence-electron chi connectivity index (χ0n) is 10.8. The fourth-order valence-electron chi connectivity index (χ4n) is 2.59. The molecule has 0 spiro atoms. The minimum absolute atomic E-state index is 0.894. The molecule has 0 radical (unpaired) electrons. The van der Waals surface area contributed by atoms with Gasteiger partial charge in [0.15, 0.2) is 0 Å². The molecule has 0 heterocycles. The SMILES string of the molecule is C=CCc1c(-c2ccccc2)ccc2ccccc12. The molecule has 92 valence electrons. The van der Waals surface area contributed by atoms with Crippen LogP contribution in [0.2, 0.25) is 0 Å². The first kappa shape index (κ1) is 11.7. The summed E-state index contributed by atoms with van der Waals surface area (Å²) in [4.78, 5) is 0. The van der Waals surface area contributed by atoms with Crippen LogP contribution in [-0.4, -0.2) is 0 Å². The van der Waals surface area contributed by atoms with Crippen LogP contribution in [0.1, 0.15) is 5.56 Å². The van der Waals surface area contributed by atoms with E-state index in [1.807, 2.05) is 6.08 Å². The molecule has 0 N–H and O–H groups in total. The lowest BCUT2D eigenvalue weighted by atomic mass is 9.92. The Kier molecular flexibility index (Phi) is 3.16. The molecule has 0 aliphatic heterocycles. The number of rotatable bonds is 3. The second kappa shape index (κ2) is 5.11. The smallest absolute Gasteiger partial charge is 0.00878 e. The summed E-state index contributed by atoms with van der Waals surface area (Å²) in [5.74, 6) is 0. The average molecular weight is 244 g/mol. The Morgan fingerprint density at radius 3 is 2.32 bits per heavy atom. The number of benzene rings is 3. The highest BCUT2D eigenvalue weighted by atomic mass is 14.1. The number of allylic oxidation sites excluding steroid dienone is 1. The van der Waals surface area contributed by atoms with Crippen molar-refractivity contribution in [3.8, 4) is 11.1 Å². The molecule has 0 aromatic heterocycles. The molecular formula is C19H16. The van der Waals surface area contributed by atoms with Crippen LogP contribution in [-0.2, 0) is 6.42 Å². The van der Waals surface area contributed by atoms with Crippen molar-refractivity contribution in [2.24, 2.45) is 0 Å². The van der Waals surface area contributed by atoms with Crippen molar-refractivity contribution < 1.29 is 0 Å². The quantitative estimate of drug-likeness (QED) is 0.553. The molecule has 19 heavy (non-hydrogen) atoms. The molecule has 0 amide bonds. The van der Waals surface area contributed by atoms with Gasteiger partial charge in [0, 0.05) is 0 Å². The summed E-state index contributed by atoms with van der Waals surface area (Å²) in [7, 11) is 0. The molecule has 3 aromatic carbocycles. The van der Waals surface area contributed by atoms with Crippen molar-refractivity contribution in [3.63, 3.8) is 0 Å². The molecule has 3 rings (SSSR count). The molecule has 0 saturated carbocycles. The molecule has 0 bridgehead atoms. The molecule has 0 aliphatic carbocycles. The van der Waals surface area contributed by atoms with Gasteiger partial charge in [-0.3, -0.25) is 0 Å². The monoisotopic (exact) mass is 244 g/mol. The Hall–Kier alpha value is -2.34. The maximum atomic E-state index is 3.90. The number of hydrogen-bond donors (Lipinski definition) is 0. The van der Waals surface area contributed by atoms with Crippen molar-refractivity contribution in [1.29, 1.82) is 0 Å². The zero-order chi connectivity index (χ0) is 13.1. The predicted octanol–water partition coefficient (Wildman–Crippen LogP) is 5.24. The van der Waals surface area contributed by atoms with Crippen LogP contribution in [0.5, 0.6) is 0 Å². The van der Waals surface area contributed by atoms with Crippen LogP contribution in [0.3, 0.4) is 0 Å². The van der Waals surface area contributed by atoms with E-state index in [1.165, 1.54) is 27.5 Å². The molecule has 0 fully saturated rings. The lowest BCUT2D eigenvalue weighted by Gasteiger charge is -2.12. The first-order valence-electron chi connectivity index (χ1n) is 6.57. The second-order valence-electron chi connectivity index (χ2n) is 4.67. The maximum absolute atomic E-state index is 3.90.